The second kappa shape index (κ2) is 6.59. The third-order valence-corrected chi connectivity index (χ3v) is 5.30. The monoisotopic (exact) mass is 396 g/mol. The summed E-state index contributed by atoms with van der Waals surface area (Å²) in [5.74, 6) is 1.20. The summed E-state index contributed by atoms with van der Waals surface area (Å²) in [5, 5.41) is 9.20. The van der Waals surface area contributed by atoms with Crippen LogP contribution in [0.15, 0.2) is 52.8 Å². The molecular formula is C17H12ClF3N4S. The Kier molecular flexibility index (Phi) is 4.40. The van der Waals surface area contributed by atoms with E-state index < -0.39 is 11.7 Å². The Morgan fingerprint density at radius 3 is 2.46 bits per heavy atom. The van der Waals surface area contributed by atoms with Crippen LogP contribution in [0.4, 0.5) is 13.2 Å². The molecule has 1 aromatic carbocycles. The van der Waals surface area contributed by atoms with Crippen molar-refractivity contribution in [1.82, 2.24) is 19.7 Å². The summed E-state index contributed by atoms with van der Waals surface area (Å²) in [6.07, 6.45) is -1.61. The Hall–Kier alpha value is -2.06. The minimum atomic E-state index is -4.48. The number of hydrogen-bond acceptors (Lipinski definition) is 4. The molecule has 0 spiro atoms. The maximum absolute atomic E-state index is 12.8. The highest BCUT2D eigenvalue weighted by atomic mass is 35.5. The molecule has 1 fully saturated rings. The van der Waals surface area contributed by atoms with Crippen molar-refractivity contribution in [3.63, 3.8) is 0 Å². The van der Waals surface area contributed by atoms with E-state index in [4.69, 9.17) is 11.6 Å². The molecule has 26 heavy (non-hydrogen) atoms. The lowest BCUT2D eigenvalue weighted by Crippen LogP contribution is -2.06. The van der Waals surface area contributed by atoms with Crippen molar-refractivity contribution in [2.45, 2.75) is 35.1 Å². The Labute approximate surface area is 156 Å². The summed E-state index contributed by atoms with van der Waals surface area (Å²) in [6.45, 7) is 0. The average molecular weight is 397 g/mol. The fourth-order valence-electron chi connectivity index (χ4n) is 2.51. The number of rotatable bonds is 4. The minimum Gasteiger partial charge on any atom is -0.273 e. The van der Waals surface area contributed by atoms with Gasteiger partial charge in [-0.3, -0.25) is 4.57 Å². The van der Waals surface area contributed by atoms with Crippen LogP contribution >= 0.6 is 23.4 Å². The van der Waals surface area contributed by atoms with E-state index in [1.165, 1.54) is 0 Å². The van der Waals surface area contributed by atoms with Crippen molar-refractivity contribution in [3.8, 4) is 5.69 Å². The molecule has 0 bridgehead atoms. The largest absolute Gasteiger partial charge is 0.417 e. The number of para-hydroxylation sites is 1. The van der Waals surface area contributed by atoms with Crippen LogP contribution in [0, 0.1) is 0 Å². The Morgan fingerprint density at radius 1 is 1.12 bits per heavy atom. The van der Waals surface area contributed by atoms with E-state index >= 15 is 0 Å². The Balaban J connectivity index is 1.71. The van der Waals surface area contributed by atoms with E-state index in [1.807, 2.05) is 34.9 Å². The molecule has 4 nitrogen and oxygen atoms in total. The molecular weight excluding hydrogens is 385 g/mol. The molecule has 0 amide bonds. The molecule has 9 heteroatoms. The molecule has 2 heterocycles. The maximum Gasteiger partial charge on any atom is 0.417 e. The molecule has 134 valence electrons. The van der Waals surface area contributed by atoms with Crippen LogP contribution in [0.2, 0.25) is 5.02 Å². The van der Waals surface area contributed by atoms with Gasteiger partial charge in [0.05, 0.1) is 10.6 Å². The summed E-state index contributed by atoms with van der Waals surface area (Å²) >= 11 is 7.12. The first-order chi connectivity index (χ1) is 12.4. The van der Waals surface area contributed by atoms with E-state index in [-0.39, 0.29) is 10.0 Å². The van der Waals surface area contributed by atoms with Gasteiger partial charge in [-0.25, -0.2) is 4.98 Å². The third kappa shape index (κ3) is 3.43. The van der Waals surface area contributed by atoms with Crippen molar-refractivity contribution >= 4 is 23.4 Å². The highest BCUT2D eigenvalue weighted by Crippen LogP contribution is 2.42. The zero-order valence-corrected chi connectivity index (χ0v) is 14.8. The molecule has 0 aliphatic heterocycles. The van der Waals surface area contributed by atoms with Crippen LogP contribution in [-0.2, 0) is 6.18 Å². The normalized spacial score (nSPS) is 14.6. The highest BCUT2D eigenvalue weighted by Gasteiger charge is 2.33. The first kappa shape index (κ1) is 17.4. The van der Waals surface area contributed by atoms with Gasteiger partial charge in [0, 0.05) is 17.8 Å². The standard InChI is InChI=1S/C17H12ClF3N4S/c18-13-8-11(17(19,20)21)9-22-15(13)26-16-24-23-14(10-6-7-10)25(16)12-4-2-1-3-5-12/h1-5,8-10H,6-7H2. The van der Waals surface area contributed by atoms with Crippen molar-refractivity contribution < 1.29 is 13.2 Å². The minimum absolute atomic E-state index is 0.0691. The van der Waals surface area contributed by atoms with Crippen LogP contribution in [-0.4, -0.2) is 19.7 Å². The molecule has 0 atom stereocenters. The van der Waals surface area contributed by atoms with Crippen molar-refractivity contribution in [2.24, 2.45) is 0 Å². The van der Waals surface area contributed by atoms with Gasteiger partial charge in [-0.1, -0.05) is 29.8 Å². The molecule has 2 aromatic heterocycles. The number of hydrogen-bond donors (Lipinski definition) is 0. The summed E-state index contributed by atoms with van der Waals surface area (Å²) < 4.78 is 40.3. The fourth-order valence-corrected chi connectivity index (χ4v) is 3.60. The van der Waals surface area contributed by atoms with Crippen LogP contribution in [0.5, 0.6) is 0 Å². The first-order valence-electron chi connectivity index (χ1n) is 7.85. The van der Waals surface area contributed by atoms with E-state index in [0.29, 0.717) is 11.1 Å². The molecule has 0 saturated heterocycles. The van der Waals surface area contributed by atoms with Gasteiger partial charge < -0.3 is 0 Å². The smallest absolute Gasteiger partial charge is 0.273 e. The molecule has 3 aromatic rings. The van der Waals surface area contributed by atoms with Gasteiger partial charge in [0.25, 0.3) is 0 Å². The molecule has 4 rings (SSSR count). The zero-order valence-electron chi connectivity index (χ0n) is 13.2. The summed E-state index contributed by atoms with van der Waals surface area (Å²) in [4.78, 5) is 3.87. The summed E-state index contributed by atoms with van der Waals surface area (Å²) in [5.41, 5.74) is 0.0139. The number of pyridine rings is 1. The van der Waals surface area contributed by atoms with Crippen LogP contribution in [0.3, 0.4) is 0 Å². The van der Waals surface area contributed by atoms with Gasteiger partial charge in [-0.15, -0.1) is 10.2 Å². The number of alkyl halides is 3. The number of benzene rings is 1. The quantitative estimate of drug-likeness (QED) is 0.595. The lowest BCUT2D eigenvalue weighted by atomic mass is 10.3. The van der Waals surface area contributed by atoms with E-state index in [1.54, 1.807) is 0 Å². The number of nitrogens with zero attached hydrogens (tertiary/aromatic N) is 4. The number of halogens is 4. The van der Waals surface area contributed by atoms with E-state index in [9.17, 15) is 13.2 Å². The van der Waals surface area contributed by atoms with Gasteiger partial charge in [-0.05, 0) is 42.8 Å². The zero-order chi connectivity index (χ0) is 18.3. The predicted molar refractivity (Wildman–Crippen MR) is 91.7 cm³/mol. The molecule has 0 unspecified atom stereocenters. The Bertz CT molecular complexity index is 939. The molecule has 1 saturated carbocycles. The highest BCUT2D eigenvalue weighted by molar-refractivity contribution is 7.99. The summed E-state index contributed by atoms with van der Waals surface area (Å²) in [6, 6.07) is 10.5. The predicted octanol–water partition coefficient (Wildman–Crippen LogP) is 5.36. The number of aromatic nitrogens is 4. The Morgan fingerprint density at radius 2 is 1.85 bits per heavy atom. The molecule has 1 aliphatic carbocycles. The topological polar surface area (TPSA) is 43.6 Å². The van der Waals surface area contributed by atoms with E-state index in [0.717, 1.165) is 48.4 Å². The lowest BCUT2D eigenvalue weighted by Gasteiger charge is -2.11. The van der Waals surface area contributed by atoms with Crippen LogP contribution in [0.25, 0.3) is 5.69 Å². The second-order valence-electron chi connectivity index (χ2n) is 5.90. The second-order valence-corrected chi connectivity index (χ2v) is 7.26. The first-order valence-corrected chi connectivity index (χ1v) is 9.04. The van der Waals surface area contributed by atoms with Gasteiger partial charge in [0.2, 0.25) is 5.16 Å². The SMILES string of the molecule is FC(F)(F)c1cnc(Sc2nnc(C3CC3)n2-c2ccccc2)c(Cl)c1. The van der Waals surface area contributed by atoms with Gasteiger partial charge in [0.15, 0.2) is 0 Å². The molecule has 0 N–H and O–H groups in total. The van der Waals surface area contributed by atoms with Crippen LogP contribution < -0.4 is 0 Å². The molecule has 1 aliphatic rings. The van der Waals surface area contributed by atoms with E-state index in [2.05, 4.69) is 15.2 Å². The van der Waals surface area contributed by atoms with Gasteiger partial charge in [-0.2, -0.15) is 13.2 Å². The van der Waals surface area contributed by atoms with Gasteiger partial charge in [0.1, 0.15) is 10.9 Å². The third-order valence-electron chi connectivity index (χ3n) is 3.94. The average Bonchev–Trinajstić information content (AvgIpc) is 3.37. The van der Waals surface area contributed by atoms with Crippen molar-refractivity contribution in [2.75, 3.05) is 0 Å². The maximum atomic E-state index is 12.8. The molecule has 0 radical (unpaired) electrons. The van der Waals surface area contributed by atoms with Crippen molar-refractivity contribution in [1.29, 1.82) is 0 Å². The van der Waals surface area contributed by atoms with Gasteiger partial charge >= 0.3 is 6.18 Å². The lowest BCUT2D eigenvalue weighted by molar-refractivity contribution is -0.137. The van der Waals surface area contributed by atoms with Crippen LogP contribution in [0.1, 0.15) is 30.1 Å². The summed E-state index contributed by atoms with van der Waals surface area (Å²) in [7, 11) is 0. The van der Waals surface area contributed by atoms with Crippen molar-refractivity contribution in [3.05, 3.63) is 59.0 Å². The fraction of sp³-hybridized carbons (Fsp3) is 0.235.